The van der Waals surface area contributed by atoms with Gasteiger partial charge >= 0.3 is 11.7 Å². The van der Waals surface area contributed by atoms with E-state index in [2.05, 4.69) is 5.32 Å². The van der Waals surface area contributed by atoms with Crippen LogP contribution in [0.3, 0.4) is 0 Å². The van der Waals surface area contributed by atoms with Crippen LogP contribution in [-0.4, -0.2) is 29.5 Å². The lowest BCUT2D eigenvalue weighted by molar-refractivity contribution is -0.385. The Morgan fingerprint density at radius 2 is 1.83 bits per heavy atom. The maximum absolute atomic E-state index is 12.5. The minimum absolute atomic E-state index is 0.0463. The molecule has 0 heterocycles. The van der Waals surface area contributed by atoms with Crippen molar-refractivity contribution in [2.45, 2.75) is 20.0 Å². The Morgan fingerprint density at radius 3 is 2.57 bits per heavy atom. The van der Waals surface area contributed by atoms with Crippen LogP contribution in [0, 0.1) is 10.1 Å². The Hall–Kier alpha value is -3.94. The van der Waals surface area contributed by atoms with Crippen LogP contribution in [-0.2, 0) is 9.53 Å². The minimum Gasteiger partial charge on any atom is -0.487 e. The smallest absolute Gasteiger partial charge is 0.339 e. The second-order valence-electron chi connectivity index (χ2n) is 6.44. The van der Waals surface area contributed by atoms with Gasteiger partial charge in [-0.3, -0.25) is 14.9 Å². The Bertz CT molecular complexity index is 1110. The molecule has 3 aromatic carbocycles. The monoisotopic (exact) mass is 408 g/mol. The predicted molar refractivity (Wildman–Crippen MR) is 112 cm³/mol. The van der Waals surface area contributed by atoms with Crippen LogP contribution < -0.4 is 10.1 Å². The molecule has 0 aliphatic carbocycles. The Morgan fingerprint density at radius 1 is 1.10 bits per heavy atom. The van der Waals surface area contributed by atoms with Gasteiger partial charge in [0.15, 0.2) is 11.9 Å². The molecule has 0 saturated heterocycles. The molecule has 8 nitrogen and oxygen atoms in total. The molecule has 0 bridgehead atoms. The van der Waals surface area contributed by atoms with Crippen LogP contribution in [0.2, 0.25) is 0 Å². The Kier molecular flexibility index (Phi) is 6.26. The summed E-state index contributed by atoms with van der Waals surface area (Å²) in [5.74, 6) is -1.30. The summed E-state index contributed by atoms with van der Waals surface area (Å²) < 4.78 is 10.4. The molecule has 0 spiro atoms. The number of hydrogen-bond acceptors (Lipinski definition) is 6. The highest BCUT2D eigenvalue weighted by molar-refractivity contribution is 6.04. The van der Waals surface area contributed by atoms with E-state index in [9.17, 15) is 19.7 Å². The lowest BCUT2D eigenvalue weighted by Crippen LogP contribution is -2.30. The first-order valence-corrected chi connectivity index (χ1v) is 9.31. The number of anilines is 1. The molecule has 30 heavy (non-hydrogen) atoms. The van der Waals surface area contributed by atoms with Gasteiger partial charge in [-0.2, -0.15) is 0 Å². The van der Waals surface area contributed by atoms with E-state index in [0.29, 0.717) is 5.69 Å². The second-order valence-corrected chi connectivity index (χ2v) is 6.44. The molecule has 0 fully saturated rings. The number of fused-ring (bicyclic) bond motifs is 1. The van der Waals surface area contributed by atoms with Gasteiger partial charge in [0.25, 0.3) is 5.91 Å². The first-order chi connectivity index (χ1) is 14.4. The zero-order valence-corrected chi connectivity index (χ0v) is 16.5. The molecule has 0 aliphatic rings. The van der Waals surface area contributed by atoms with Crippen LogP contribution in [0.1, 0.15) is 24.2 Å². The van der Waals surface area contributed by atoms with Crippen molar-refractivity contribution >= 4 is 34.0 Å². The van der Waals surface area contributed by atoms with Gasteiger partial charge < -0.3 is 14.8 Å². The number of benzene rings is 3. The summed E-state index contributed by atoms with van der Waals surface area (Å²) in [6, 6.07) is 16.8. The highest BCUT2D eigenvalue weighted by Gasteiger charge is 2.23. The van der Waals surface area contributed by atoms with Gasteiger partial charge in [0.1, 0.15) is 0 Å². The van der Waals surface area contributed by atoms with Crippen molar-refractivity contribution < 1.29 is 24.0 Å². The fourth-order valence-corrected chi connectivity index (χ4v) is 2.92. The fraction of sp³-hybridized carbons (Fsp3) is 0.182. The Balaban J connectivity index is 1.73. The topological polar surface area (TPSA) is 108 Å². The molecule has 0 radical (unpaired) electrons. The first-order valence-electron chi connectivity index (χ1n) is 9.31. The quantitative estimate of drug-likeness (QED) is 0.354. The van der Waals surface area contributed by atoms with Crippen molar-refractivity contribution in [2.75, 3.05) is 11.9 Å². The third-order valence-electron chi connectivity index (χ3n) is 4.39. The summed E-state index contributed by atoms with van der Waals surface area (Å²) >= 11 is 0. The van der Waals surface area contributed by atoms with E-state index in [1.165, 1.54) is 19.1 Å². The number of esters is 1. The largest absolute Gasteiger partial charge is 0.487 e. The van der Waals surface area contributed by atoms with E-state index in [-0.39, 0.29) is 23.6 Å². The standard InChI is InChI=1S/C22H20N2O6/c1-3-29-20-12-11-16(13-19(20)24(27)28)22(26)30-14(2)21(25)23-18-10-6-8-15-7-4-5-9-17(15)18/h4-14H,3H2,1-2H3,(H,23,25)/t14-/m1/s1. The van der Waals surface area contributed by atoms with Gasteiger partial charge in [-0.1, -0.05) is 36.4 Å². The van der Waals surface area contributed by atoms with Gasteiger partial charge in [0.2, 0.25) is 0 Å². The van der Waals surface area contributed by atoms with E-state index in [0.717, 1.165) is 16.8 Å². The molecule has 3 rings (SSSR count). The summed E-state index contributed by atoms with van der Waals surface area (Å²) in [5.41, 5.74) is 0.201. The Labute approximate surface area is 172 Å². The molecule has 0 aromatic heterocycles. The number of ether oxygens (including phenoxy) is 2. The third-order valence-corrected chi connectivity index (χ3v) is 4.39. The van der Waals surface area contributed by atoms with Gasteiger partial charge in [0, 0.05) is 17.1 Å². The molecule has 154 valence electrons. The molecular weight excluding hydrogens is 388 g/mol. The van der Waals surface area contributed by atoms with E-state index < -0.39 is 22.9 Å². The molecule has 1 N–H and O–H groups in total. The maximum Gasteiger partial charge on any atom is 0.339 e. The van der Waals surface area contributed by atoms with Crippen molar-refractivity contribution in [1.29, 1.82) is 0 Å². The number of carbonyl (C=O) groups is 2. The van der Waals surface area contributed by atoms with Crippen LogP contribution in [0.15, 0.2) is 60.7 Å². The molecule has 1 atom stereocenters. The molecule has 0 unspecified atom stereocenters. The van der Waals surface area contributed by atoms with Gasteiger partial charge in [0.05, 0.1) is 17.1 Å². The molecular formula is C22H20N2O6. The van der Waals surface area contributed by atoms with Crippen molar-refractivity contribution in [1.82, 2.24) is 0 Å². The predicted octanol–water partition coefficient (Wildman–Crippen LogP) is 4.33. The highest BCUT2D eigenvalue weighted by atomic mass is 16.6. The number of nitro groups is 1. The number of carbonyl (C=O) groups excluding carboxylic acids is 2. The SMILES string of the molecule is CCOc1ccc(C(=O)O[C@H](C)C(=O)Nc2cccc3ccccc23)cc1[N+](=O)[O-]. The van der Waals surface area contributed by atoms with Crippen LogP contribution in [0.25, 0.3) is 10.8 Å². The summed E-state index contributed by atoms with van der Waals surface area (Å²) in [6.45, 7) is 3.37. The lowest BCUT2D eigenvalue weighted by atomic mass is 10.1. The summed E-state index contributed by atoms with van der Waals surface area (Å²) in [7, 11) is 0. The van der Waals surface area contributed by atoms with Crippen molar-refractivity contribution in [3.05, 3.63) is 76.3 Å². The second kappa shape index (κ2) is 9.04. The van der Waals surface area contributed by atoms with Gasteiger partial charge in [-0.05, 0) is 37.4 Å². The number of amides is 1. The fourth-order valence-electron chi connectivity index (χ4n) is 2.92. The molecule has 8 heteroatoms. The summed E-state index contributed by atoms with van der Waals surface area (Å²) in [5, 5.41) is 15.8. The first kappa shape index (κ1) is 20.8. The third kappa shape index (κ3) is 4.54. The zero-order valence-electron chi connectivity index (χ0n) is 16.5. The van der Waals surface area contributed by atoms with Crippen molar-refractivity contribution in [3.8, 4) is 5.75 Å². The zero-order chi connectivity index (χ0) is 21.7. The van der Waals surface area contributed by atoms with Gasteiger partial charge in [-0.25, -0.2) is 4.79 Å². The summed E-state index contributed by atoms with van der Waals surface area (Å²) in [4.78, 5) is 35.5. The number of hydrogen-bond donors (Lipinski definition) is 1. The van der Waals surface area contributed by atoms with Crippen LogP contribution in [0.5, 0.6) is 5.75 Å². The van der Waals surface area contributed by atoms with E-state index in [4.69, 9.17) is 9.47 Å². The van der Waals surface area contributed by atoms with Gasteiger partial charge in [-0.15, -0.1) is 0 Å². The molecule has 1 amide bonds. The highest BCUT2D eigenvalue weighted by Crippen LogP contribution is 2.28. The molecule has 0 saturated carbocycles. The van der Waals surface area contributed by atoms with E-state index >= 15 is 0 Å². The maximum atomic E-state index is 12.5. The van der Waals surface area contributed by atoms with Crippen molar-refractivity contribution in [2.24, 2.45) is 0 Å². The normalized spacial score (nSPS) is 11.5. The average Bonchev–Trinajstić information content (AvgIpc) is 2.74. The average molecular weight is 408 g/mol. The van der Waals surface area contributed by atoms with Crippen LogP contribution in [0.4, 0.5) is 11.4 Å². The van der Waals surface area contributed by atoms with E-state index in [1.54, 1.807) is 13.0 Å². The molecule has 3 aromatic rings. The number of nitrogens with one attached hydrogen (secondary N) is 1. The number of rotatable bonds is 7. The summed E-state index contributed by atoms with van der Waals surface area (Å²) in [6.07, 6.45) is -1.11. The number of nitro benzene ring substituents is 1. The van der Waals surface area contributed by atoms with E-state index in [1.807, 2.05) is 36.4 Å². The van der Waals surface area contributed by atoms with Crippen LogP contribution >= 0.6 is 0 Å². The number of nitrogens with zero attached hydrogens (tertiary/aromatic N) is 1. The lowest BCUT2D eigenvalue weighted by Gasteiger charge is -2.15. The minimum atomic E-state index is -1.11. The van der Waals surface area contributed by atoms with Crippen molar-refractivity contribution in [3.63, 3.8) is 0 Å². The molecule has 0 aliphatic heterocycles.